The van der Waals surface area contributed by atoms with Gasteiger partial charge in [0.1, 0.15) is 0 Å². The zero-order valence-electron chi connectivity index (χ0n) is 24.6. The monoisotopic (exact) mass is 574 g/mol. The molecule has 40 heavy (non-hydrogen) atoms. The predicted octanol–water partition coefficient (Wildman–Crippen LogP) is 8.16. The molecule has 4 nitrogen and oxygen atoms in total. The van der Waals surface area contributed by atoms with Crippen molar-refractivity contribution in [2.24, 2.45) is 40.9 Å². The van der Waals surface area contributed by atoms with E-state index in [-0.39, 0.29) is 42.0 Å². The molecular formula is C32H45F3N2O2Si. The molecule has 0 aromatic heterocycles. The summed E-state index contributed by atoms with van der Waals surface area (Å²) in [5.41, 5.74) is -0.449. The fourth-order valence-electron chi connectivity index (χ4n) is 9.53. The van der Waals surface area contributed by atoms with Gasteiger partial charge in [-0.15, -0.1) is 0 Å². The second kappa shape index (κ2) is 10.5. The van der Waals surface area contributed by atoms with Crippen LogP contribution in [0.25, 0.3) is 0 Å². The first kappa shape index (κ1) is 29.6. The van der Waals surface area contributed by atoms with Crippen LogP contribution >= 0.6 is 0 Å². The van der Waals surface area contributed by atoms with Gasteiger partial charge < -0.3 is 9.74 Å². The van der Waals surface area contributed by atoms with Crippen molar-refractivity contribution in [1.82, 2.24) is 5.32 Å². The Morgan fingerprint density at radius 3 is 2.33 bits per heavy atom. The molecule has 0 aliphatic heterocycles. The molecule has 0 unspecified atom stereocenters. The Balaban J connectivity index is 1.27. The molecule has 1 N–H and O–H groups in total. The minimum absolute atomic E-state index is 0.0358. The SMILES string of the molecule is C[C@@H](NC(=O)[C@H]1CC[C@H]2[C@@H]3CC[C@@H]4C[C@@](O[Si](C)(C)C)(C(F)(F)F)CC[C@@H]4[C@H]3CC[C@]12C)c1ccc(C#N)cc1. The normalized spacial score (nSPS) is 38.4. The van der Waals surface area contributed by atoms with Crippen LogP contribution in [0.3, 0.4) is 0 Å². The summed E-state index contributed by atoms with van der Waals surface area (Å²) in [5.74, 6) is 1.93. The highest BCUT2D eigenvalue weighted by Crippen LogP contribution is 2.65. The van der Waals surface area contributed by atoms with Gasteiger partial charge in [0.2, 0.25) is 5.91 Å². The number of hydrogen-bond donors (Lipinski definition) is 1. The van der Waals surface area contributed by atoms with E-state index < -0.39 is 20.1 Å². The maximum Gasteiger partial charge on any atom is 0.416 e. The van der Waals surface area contributed by atoms with Gasteiger partial charge in [0.25, 0.3) is 0 Å². The molecule has 9 atom stereocenters. The number of nitriles is 1. The van der Waals surface area contributed by atoms with E-state index in [0.717, 1.165) is 44.1 Å². The predicted molar refractivity (Wildman–Crippen MR) is 152 cm³/mol. The van der Waals surface area contributed by atoms with Crippen molar-refractivity contribution in [3.8, 4) is 6.07 Å². The van der Waals surface area contributed by atoms with Crippen molar-refractivity contribution in [3.63, 3.8) is 0 Å². The largest absolute Gasteiger partial charge is 0.416 e. The molecule has 0 bridgehead atoms. The number of halogens is 3. The van der Waals surface area contributed by atoms with Crippen LogP contribution in [0.5, 0.6) is 0 Å². The molecular weight excluding hydrogens is 529 g/mol. The Kier molecular flexibility index (Phi) is 7.74. The van der Waals surface area contributed by atoms with Gasteiger partial charge in [-0.2, -0.15) is 18.4 Å². The van der Waals surface area contributed by atoms with Gasteiger partial charge in [-0.1, -0.05) is 19.1 Å². The molecule has 220 valence electrons. The van der Waals surface area contributed by atoms with E-state index in [2.05, 4.69) is 18.3 Å². The average Bonchev–Trinajstić information content (AvgIpc) is 3.24. The molecule has 5 rings (SSSR count). The summed E-state index contributed by atoms with van der Waals surface area (Å²) >= 11 is 0. The highest BCUT2D eigenvalue weighted by molar-refractivity contribution is 6.69. The number of fused-ring (bicyclic) bond motifs is 5. The van der Waals surface area contributed by atoms with Crippen LogP contribution in [0, 0.1) is 52.3 Å². The third-order valence-electron chi connectivity index (χ3n) is 11.2. The smallest absolute Gasteiger partial charge is 0.404 e. The first-order valence-electron chi connectivity index (χ1n) is 15.2. The highest BCUT2D eigenvalue weighted by atomic mass is 28.4. The standard InChI is InChI=1S/C32H45F3N2O2Si/c1-20(22-8-6-21(19-36)7-9-22)37-29(38)28-13-12-27-26-11-10-23-18-31(32(33,34)35,39-40(3,4)5)17-15-24(23)25(26)14-16-30(27,28)2/h6-9,20,23-28H,10-18H2,1-5H3,(H,37,38)/t20-,23-,24+,25-,26-,27+,28-,30+,31-/m1/s1. The summed E-state index contributed by atoms with van der Waals surface area (Å²) in [5, 5.41) is 12.3. The zero-order chi connectivity index (χ0) is 29.1. The molecule has 8 heteroatoms. The Morgan fingerprint density at radius 1 is 1.02 bits per heavy atom. The van der Waals surface area contributed by atoms with Crippen molar-refractivity contribution in [3.05, 3.63) is 35.4 Å². The second-order valence-electron chi connectivity index (χ2n) is 14.5. The van der Waals surface area contributed by atoms with E-state index in [1.54, 1.807) is 12.1 Å². The topological polar surface area (TPSA) is 62.1 Å². The maximum absolute atomic E-state index is 14.4. The minimum Gasteiger partial charge on any atom is -0.404 e. The Morgan fingerprint density at radius 2 is 1.70 bits per heavy atom. The van der Waals surface area contributed by atoms with E-state index >= 15 is 0 Å². The summed E-state index contributed by atoms with van der Waals surface area (Å²) < 4.78 is 49.3. The average molecular weight is 575 g/mol. The van der Waals surface area contributed by atoms with E-state index in [1.807, 2.05) is 38.7 Å². The summed E-state index contributed by atoms with van der Waals surface area (Å²) in [7, 11) is -2.37. The lowest BCUT2D eigenvalue weighted by Gasteiger charge is -2.58. The van der Waals surface area contributed by atoms with Crippen molar-refractivity contribution in [1.29, 1.82) is 5.26 Å². The molecule has 4 aliphatic rings. The Hall–Kier alpha value is -1.85. The fraction of sp³-hybridized carbons (Fsp3) is 0.750. The summed E-state index contributed by atoms with van der Waals surface area (Å²) in [6.45, 7) is 9.89. The minimum atomic E-state index is -4.33. The number of carbonyl (C=O) groups excluding carboxylic acids is 1. The number of amides is 1. The lowest BCUT2D eigenvalue weighted by Crippen LogP contribution is -2.59. The van der Waals surface area contributed by atoms with Gasteiger partial charge in [-0.05, 0) is 137 Å². The third kappa shape index (κ3) is 5.26. The van der Waals surface area contributed by atoms with Crippen LogP contribution in [0.4, 0.5) is 13.2 Å². The number of benzene rings is 1. The first-order chi connectivity index (χ1) is 18.7. The highest BCUT2D eigenvalue weighted by Gasteiger charge is 2.64. The molecule has 0 saturated heterocycles. The number of rotatable bonds is 5. The number of hydrogen-bond acceptors (Lipinski definition) is 3. The Bertz CT molecular complexity index is 1140. The van der Waals surface area contributed by atoms with Gasteiger partial charge in [0.15, 0.2) is 13.9 Å². The molecule has 1 aromatic rings. The summed E-state index contributed by atoms with van der Waals surface area (Å²) in [4.78, 5) is 13.6. The van der Waals surface area contributed by atoms with Crippen LogP contribution in [0.2, 0.25) is 19.6 Å². The molecule has 4 aliphatic carbocycles. The van der Waals surface area contributed by atoms with Crippen LogP contribution < -0.4 is 5.32 Å². The fourth-order valence-corrected chi connectivity index (χ4v) is 11.0. The molecule has 4 saturated carbocycles. The quantitative estimate of drug-likeness (QED) is 0.361. The van der Waals surface area contributed by atoms with Gasteiger partial charge in [0, 0.05) is 5.92 Å². The van der Waals surface area contributed by atoms with Crippen LogP contribution in [0.15, 0.2) is 24.3 Å². The van der Waals surface area contributed by atoms with E-state index in [4.69, 9.17) is 9.69 Å². The molecule has 1 amide bonds. The van der Waals surface area contributed by atoms with Gasteiger partial charge in [-0.25, -0.2) is 0 Å². The molecule has 4 fully saturated rings. The van der Waals surface area contributed by atoms with Crippen molar-refractivity contribution in [2.75, 3.05) is 0 Å². The van der Waals surface area contributed by atoms with E-state index in [9.17, 15) is 18.0 Å². The summed E-state index contributed by atoms with van der Waals surface area (Å²) in [6.07, 6.45) is 2.20. The van der Waals surface area contributed by atoms with Crippen molar-refractivity contribution >= 4 is 14.2 Å². The van der Waals surface area contributed by atoms with Crippen LogP contribution in [-0.2, 0) is 9.22 Å². The molecule has 1 aromatic carbocycles. The third-order valence-corrected chi connectivity index (χ3v) is 12.2. The maximum atomic E-state index is 14.4. The first-order valence-corrected chi connectivity index (χ1v) is 18.7. The van der Waals surface area contributed by atoms with Crippen molar-refractivity contribution in [2.45, 2.75) is 109 Å². The number of nitrogens with zero attached hydrogens (tertiary/aromatic N) is 1. The lowest BCUT2D eigenvalue weighted by molar-refractivity contribution is -0.274. The van der Waals surface area contributed by atoms with Crippen LogP contribution in [-0.4, -0.2) is 26.0 Å². The lowest BCUT2D eigenvalue weighted by atomic mass is 9.49. The zero-order valence-corrected chi connectivity index (χ0v) is 25.6. The van der Waals surface area contributed by atoms with Gasteiger partial charge >= 0.3 is 6.18 Å². The molecule has 0 spiro atoms. The van der Waals surface area contributed by atoms with Crippen molar-refractivity contribution < 1.29 is 22.4 Å². The number of carbonyl (C=O) groups is 1. The van der Waals surface area contributed by atoms with E-state index in [1.165, 1.54) is 0 Å². The molecule has 0 radical (unpaired) electrons. The number of alkyl halides is 3. The molecule has 0 heterocycles. The Labute approximate surface area is 238 Å². The van der Waals surface area contributed by atoms with Gasteiger partial charge in [-0.3, -0.25) is 4.79 Å². The van der Waals surface area contributed by atoms with E-state index in [0.29, 0.717) is 35.7 Å². The number of nitrogens with one attached hydrogen (secondary N) is 1. The summed E-state index contributed by atoms with van der Waals surface area (Å²) in [6, 6.07) is 9.36. The van der Waals surface area contributed by atoms with Crippen LogP contribution in [0.1, 0.15) is 88.8 Å². The second-order valence-corrected chi connectivity index (χ2v) is 19.0. The van der Waals surface area contributed by atoms with Gasteiger partial charge in [0.05, 0.1) is 17.7 Å².